The predicted octanol–water partition coefficient (Wildman–Crippen LogP) is 4.52. The van der Waals surface area contributed by atoms with Crippen molar-refractivity contribution in [1.82, 2.24) is 10.2 Å². The molecule has 0 radical (unpaired) electrons. The smallest absolute Gasteiger partial charge is 0.311 e. The van der Waals surface area contributed by atoms with E-state index in [1.165, 1.54) is 30.2 Å². The number of hydrogen-bond acceptors (Lipinski definition) is 6. The van der Waals surface area contributed by atoms with Crippen molar-refractivity contribution in [2.24, 2.45) is 0 Å². The Morgan fingerprint density at radius 1 is 1.05 bits per heavy atom. The minimum Gasteiger partial charge on any atom is -0.490 e. The highest BCUT2D eigenvalue weighted by Crippen LogP contribution is 2.30. The number of nitro groups is 1. The van der Waals surface area contributed by atoms with Gasteiger partial charge in [-0.1, -0.05) is 58.4 Å². The number of nitrogens with zero attached hydrogens (tertiary/aromatic N) is 2. The van der Waals surface area contributed by atoms with Crippen LogP contribution in [0.5, 0.6) is 11.5 Å². The van der Waals surface area contributed by atoms with Gasteiger partial charge in [-0.3, -0.25) is 19.7 Å². The van der Waals surface area contributed by atoms with Crippen molar-refractivity contribution in [2.45, 2.75) is 25.9 Å². The van der Waals surface area contributed by atoms with E-state index in [1.807, 2.05) is 61.5 Å². The maximum absolute atomic E-state index is 13.5. The fraction of sp³-hybridized carbons (Fsp3) is 0.259. The minimum absolute atomic E-state index is 0.0194. The maximum atomic E-state index is 13.5. The molecule has 0 heterocycles. The lowest BCUT2D eigenvalue weighted by Gasteiger charge is -2.31. The summed E-state index contributed by atoms with van der Waals surface area (Å²) in [6, 6.07) is 20.2. The lowest BCUT2D eigenvalue weighted by Crippen LogP contribution is -2.51. The average Bonchev–Trinajstić information content (AvgIpc) is 2.90. The lowest BCUT2D eigenvalue weighted by atomic mass is 10.0. The summed E-state index contributed by atoms with van der Waals surface area (Å²) in [4.78, 5) is 38.8. The van der Waals surface area contributed by atoms with Gasteiger partial charge in [0.1, 0.15) is 11.8 Å². The van der Waals surface area contributed by atoms with Crippen LogP contribution in [0.2, 0.25) is 0 Å². The number of nitro benzene ring substituents is 1. The zero-order valence-electron chi connectivity index (χ0n) is 20.6. The molecule has 194 valence electrons. The van der Waals surface area contributed by atoms with E-state index in [0.29, 0.717) is 13.0 Å². The molecule has 2 amide bonds. The van der Waals surface area contributed by atoms with Gasteiger partial charge in [0.05, 0.1) is 12.0 Å². The Bertz CT molecular complexity index is 1220. The van der Waals surface area contributed by atoms with Crippen molar-refractivity contribution < 1.29 is 24.0 Å². The summed E-state index contributed by atoms with van der Waals surface area (Å²) in [6.45, 7) is 2.06. The van der Waals surface area contributed by atoms with Gasteiger partial charge >= 0.3 is 5.69 Å². The van der Waals surface area contributed by atoms with Gasteiger partial charge in [-0.05, 0) is 36.2 Å². The molecule has 3 aromatic rings. The molecule has 3 aromatic carbocycles. The first-order valence-corrected chi connectivity index (χ1v) is 12.4. The summed E-state index contributed by atoms with van der Waals surface area (Å²) in [5.41, 5.74) is 1.54. The molecule has 0 fully saturated rings. The second-order valence-corrected chi connectivity index (χ2v) is 9.04. The second-order valence-electron chi connectivity index (χ2n) is 8.13. The largest absolute Gasteiger partial charge is 0.490 e. The molecule has 0 spiro atoms. The first-order chi connectivity index (χ1) is 17.8. The summed E-state index contributed by atoms with van der Waals surface area (Å²) in [5.74, 6) is -0.427. The fourth-order valence-electron chi connectivity index (χ4n) is 3.76. The standard InChI is InChI=1S/C27H28BrN3O6/c1-3-29-27(33)24(15-19-7-5-4-6-8-19)30(17-20-9-11-21(28)12-10-20)26(32)18-37-22-13-14-23(31(34)35)25(16-22)36-2/h4-14,16,24H,3,15,17-18H2,1-2H3,(H,29,33). The number of ether oxygens (including phenoxy) is 2. The van der Waals surface area contributed by atoms with E-state index in [1.54, 1.807) is 0 Å². The molecule has 0 bridgehead atoms. The first kappa shape index (κ1) is 27.7. The molecular weight excluding hydrogens is 542 g/mol. The van der Waals surface area contributed by atoms with Crippen LogP contribution in [0.3, 0.4) is 0 Å². The number of halogens is 1. The van der Waals surface area contributed by atoms with Gasteiger partial charge in [0.15, 0.2) is 6.61 Å². The Balaban J connectivity index is 1.88. The Kier molecular flexibility index (Phi) is 10.0. The number of benzene rings is 3. The normalized spacial score (nSPS) is 11.3. The molecular formula is C27H28BrN3O6. The Hall–Kier alpha value is -3.92. The van der Waals surface area contributed by atoms with Gasteiger partial charge in [0, 0.05) is 36.1 Å². The number of likely N-dealkylation sites (N-methyl/N-ethyl adjacent to an activating group) is 1. The average molecular weight is 570 g/mol. The third-order valence-electron chi connectivity index (χ3n) is 5.60. The fourth-order valence-corrected chi connectivity index (χ4v) is 4.02. The van der Waals surface area contributed by atoms with E-state index in [4.69, 9.17) is 9.47 Å². The highest BCUT2D eigenvalue weighted by atomic mass is 79.9. The van der Waals surface area contributed by atoms with Crippen molar-refractivity contribution in [2.75, 3.05) is 20.3 Å². The van der Waals surface area contributed by atoms with Crippen LogP contribution in [-0.2, 0) is 22.6 Å². The molecule has 1 unspecified atom stereocenters. The van der Waals surface area contributed by atoms with E-state index in [2.05, 4.69) is 21.2 Å². The molecule has 0 aliphatic carbocycles. The van der Waals surface area contributed by atoms with Crippen LogP contribution in [0.15, 0.2) is 77.3 Å². The monoisotopic (exact) mass is 569 g/mol. The summed E-state index contributed by atoms with van der Waals surface area (Å²) in [5, 5.41) is 14.0. The molecule has 9 nitrogen and oxygen atoms in total. The molecule has 0 saturated heterocycles. The van der Waals surface area contributed by atoms with Gasteiger partial charge in [0.25, 0.3) is 5.91 Å². The van der Waals surface area contributed by atoms with E-state index in [0.717, 1.165) is 15.6 Å². The second kappa shape index (κ2) is 13.4. The third-order valence-corrected chi connectivity index (χ3v) is 6.13. The predicted molar refractivity (Wildman–Crippen MR) is 142 cm³/mol. The topological polar surface area (TPSA) is 111 Å². The van der Waals surface area contributed by atoms with Crippen molar-refractivity contribution >= 4 is 33.4 Å². The number of rotatable bonds is 12. The number of carbonyl (C=O) groups excluding carboxylic acids is 2. The Labute approximate surface area is 223 Å². The summed E-state index contributed by atoms with van der Waals surface area (Å²) >= 11 is 3.42. The van der Waals surface area contributed by atoms with Crippen LogP contribution in [0.4, 0.5) is 5.69 Å². The highest BCUT2D eigenvalue weighted by Gasteiger charge is 2.30. The third kappa shape index (κ3) is 7.78. The molecule has 0 aromatic heterocycles. The van der Waals surface area contributed by atoms with Crippen LogP contribution in [0.1, 0.15) is 18.1 Å². The van der Waals surface area contributed by atoms with E-state index in [-0.39, 0.29) is 36.2 Å². The quantitative estimate of drug-likeness (QED) is 0.253. The molecule has 1 N–H and O–H groups in total. The van der Waals surface area contributed by atoms with Crippen LogP contribution in [0, 0.1) is 10.1 Å². The number of methoxy groups -OCH3 is 1. The zero-order valence-corrected chi connectivity index (χ0v) is 22.1. The lowest BCUT2D eigenvalue weighted by molar-refractivity contribution is -0.385. The molecule has 1 atom stereocenters. The molecule has 10 heteroatoms. The zero-order chi connectivity index (χ0) is 26.8. The van der Waals surface area contributed by atoms with Crippen LogP contribution in [-0.4, -0.2) is 47.9 Å². The van der Waals surface area contributed by atoms with Crippen LogP contribution >= 0.6 is 15.9 Å². The van der Waals surface area contributed by atoms with Gasteiger partial charge in [-0.25, -0.2) is 0 Å². The molecule has 0 aliphatic heterocycles. The summed E-state index contributed by atoms with van der Waals surface area (Å²) < 4.78 is 11.7. The van der Waals surface area contributed by atoms with Gasteiger partial charge in [-0.2, -0.15) is 0 Å². The minimum atomic E-state index is -0.784. The SMILES string of the molecule is CCNC(=O)C(Cc1ccccc1)N(Cc1ccc(Br)cc1)C(=O)COc1ccc([N+](=O)[O-])c(OC)c1. The van der Waals surface area contributed by atoms with E-state index in [9.17, 15) is 19.7 Å². The van der Waals surface area contributed by atoms with Crippen molar-refractivity contribution in [3.8, 4) is 11.5 Å². The van der Waals surface area contributed by atoms with E-state index >= 15 is 0 Å². The first-order valence-electron chi connectivity index (χ1n) is 11.6. The summed E-state index contributed by atoms with van der Waals surface area (Å²) in [6.07, 6.45) is 0.320. The van der Waals surface area contributed by atoms with Crippen molar-refractivity contribution in [3.05, 3.63) is 98.5 Å². The van der Waals surface area contributed by atoms with Crippen LogP contribution < -0.4 is 14.8 Å². The summed E-state index contributed by atoms with van der Waals surface area (Å²) in [7, 11) is 1.32. The van der Waals surface area contributed by atoms with Crippen LogP contribution in [0.25, 0.3) is 0 Å². The van der Waals surface area contributed by atoms with Crippen molar-refractivity contribution in [1.29, 1.82) is 0 Å². The molecule has 0 saturated carbocycles. The number of amides is 2. The van der Waals surface area contributed by atoms with Gasteiger partial charge in [-0.15, -0.1) is 0 Å². The maximum Gasteiger partial charge on any atom is 0.311 e. The van der Waals surface area contributed by atoms with E-state index < -0.39 is 16.9 Å². The molecule has 3 rings (SSSR count). The molecule has 37 heavy (non-hydrogen) atoms. The Morgan fingerprint density at radius 3 is 2.38 bits per heavy atom. The molecule has 0 aliphatic rings. The van der Waals surface area contributed by atoms with Crippen molar-refractivity contribution in [3.63, 3.8) is 0 Å². The Morgan fingerprint density at radius 2 is 1.76 bits per heavy atom. The number of hydrogen-bond donors (Lipinski definition) is 1. The highest BCUT2D eigenvalue weighted by molar-refractivity contribution is 9.10. The van der Waals surface area contributed by atoms with Gasteiger partial charge < -0.3 is 19.7 Å². The number of nitrogens with one attached hydrogen (secondary N) is 1. The van der Waals surface area contributed by atoms with Gasteiger partial charge in [0.2, 0.25) is 11.7 Å². The number of carbonyl (C=O) groups is 2.